The summed E-state index contributed by atoms with van der Waals surface area (Å²) < 4.78 is 29.1. The molecule has 0 spiro atoms. The topological polar surface area (TPSA) is 84.2 Å². The Morgan fingerprint density at radius 3 is 2.41 bits per heavy atom. The molecule has 2 aromatic carbocycles. The van der Waals surface area contributed by atoms with E-state index in [9.17, 15) is 23.5 Å². The molecule has 0 radical (unpaired) electrons. The molecule has 3 rings (SSSR count). The first-order valence-electron chi connectivity index (χ1n) is 8.79. The lowest BCUT2D eigenvalue weighted by Crippen LogP contribution is -2.29. The molecule has 150 valence electrons. The number of amides is 1. The van der Waals surface area contributed by atoms with Gasteiger partial charge in [-0.25, -0.2) is 13.8 Å². The highest BCUT2D eigenvalue weighted by atomic mass is 19.1. The minimum absolute atomic E-state index is 0.125. The van der Waals surface area contributed by atoms with Crippen molar-refractivity contribution < 1.29 is 18.7 Å². The molecule has 6 nitrogen and oxygen atoms in total. The lowest BCUT2D eigenvalue weighted by molar-refractivity contribution is 0.0942. The zero-order valence-electron chi connectivity index (χ0n) is 16.1. The van der Waals surface area contributed by atoms with Crippen molar-refractivity contribution in [3.63, 3.8) is 0 Å². The van der Waals surface area contributed by atoms with Crippen LogP contribution in [0.15, 0.2) is 41.2 Å². The maximum Gasteiger partial charge on any atom is 0.296 e. The van der Waals surface area contributed by atoms with Crippen molar-refractivity contribution in [1.29, 1.82) is 0 Å². The number of nitrogens with one attached hydrogen (secondary N) is 1. The molecule has 1 heterocycles. The molecule has 0 aliphatic rings. The van der Waals surface area contributed by atoms with Gasteiger partial charge in [0.05, 0.1) is 5.56 Å². The number of aryl methyl sites for hydroxylation is 2. The number of rotatable bonds is 4. The van der Waals surface area contributed by atoms with Gasteiger partial charge in [-0.3, -0.25) is 14.2 Å². The van der Waals surface area contributed by atoms with E-state index in [0.29, 0.717) is 0 Å². The van der Waals surface area contributed by atoms with Crippen molar-refractivity contribution >= 4 is 5.91 Å². The molecule has 0 aliphatic carbocycles. The van der Waals surface area contributed by atoms with Crippen LogP contribution in [0.3, 0.4) is 0 Å². The second kappa shape index (κ2) is 7.83. The van der Waals surface area contributed by atoms with Crippen molar-refractivity contribution in [3.05, 3.63) is 80.8 Å². The molecule has 0 unspecified atom stereocenters. The minimum atomic E-state index is -0.992. The minimum Gasteiger partial charge on any atom is -0.501 e. The number of carbonyl (C=O) groups excluding carboxylic acids is 1. The van der Waals surface area contributed by atoms with Crippen molar-refractivity contribution in [2.45, 2.75) is 20.4 Å². The van der Waals surface area contributed by atoms with Crippen LogP contribution in [0.4, 0.5) is 8.78 Å². The quantitative estimate of drug-likeness (QED) is 0.707. The summed E-state index contributed by atoms with van der Waals surface area (Å²) in [5.41, 5.74) is 0.801. The molecule has 0 aliphatic heterocycles. The number of carbonyl (C=O) groups is 1. The van der Waals surface area contributed by atoms with E-state index in [1.807, 2.05) is 32.0 Å². The highest BCUT2D eigenvalue weighted by Crippen LogP contribution is 2.25. The SMILES string of the molecule is Cc1ccc(CNC(=O)c2nc(-c3c(F)cccc3F)n(C)c(=O)c2O)cc1C. The highest BCUT2D eigenvalue weighted by Gasteiger charge is 2.23. The molecule has 29 heavy (non-hydrogen) atoms. The third-order valence-electron chi connectivity index (χ3n) is 4.69. The van der Waals surface area contributed by atoms with Gasteiger partial charge in [0.1, 0.15) is 17.5 Å². The maximum atomic E-state index is 14.2. The summed E-state index contributed by atoms with van der Waals surface area (Å²) in [6, 6.07) is 8.83. The monoisotopic (exact) mass is 399 g/mol. The van der Waals surface area contributed by atoms with E-state index in [2.05, 4.69) is 10.3 Å². The van der Waals surface area contributed by atoms with Crippen LogP contribution in [0.1, 0.15) is 27.2 Å². The summed E-state index contributed by atoms with van der Waals surface area (Å²) in [5.74, 6) is -4.03. The van der Waals surface area contributed by atoms with E-state index in [1.165, 1.54) is 13.1 Å². The van der Waals surface area contributed by atoms with Crippen LogP contribution in [0, 0.1) is 25.5 Å². The van der Waals surface area contributed by atoms with Gasteiger partial charge in [-0.05, 0) is 42.7 Å². The molecule has 1 amide bonds. The molecule has 0 bridgehead atoms. The van der Waals surface area contributed by atoms with Gasteiger partial charge in [-0.2, -0.15) is 0 Å². The number of hydrogen-bond acceptors (Lipinski definition) is 4. The van der Waals surface area contributed by atoms with Crippen molar-refractivity contribution in [2.75, 3.05) is 0 Å². The molecule has 1 aromatic heterocycles. The van der Waals surface area contributed by atoms with Crippen LogP contribution >= 0.6 is 0 Å². The van der Waals surface area contributed by atoms with Crippen LogP contribution in [-0.2, 0) is 13.6 Å². The summed E-state index contributed by atoms with van der Waals surface area (Å²) in [4.78, 5) is 28.7. The predicted molar refractivity (Wildman–Crippen MR) is 104 cm³/mol. The Labute approximate surface area is 165 Å². The number of hydrogen-bond donors (Lipinski definition) is 2. The fraction of sp³-hybridized carbons (Fsp3) is 0.190. The van der Waals surface area contributed by atoms with Gasteiger partial charge in [0.15, 0.2) is 5.69 Å². The molecule has 0 fully saturated rings. The predicted octanol–water partition coefficient (Wildman–Crippen LogP) is 2.98. The van der Waals surface area contributed by atoms with E-state index >= 15 is 0 Å². The first-order valence-corrected chi connectivity index (χ1v) is 8.79. The average Bonchev–Trinajstić information content (AvgIpc) is 2.68. The smallest absolute Gasteiger partial charge is 0.296 e. The summed E-state index contributed by atoms with van der Waals surface area (Å²) >= 11 is 0. The summed E-state index contributed by atoms with van der Waals surface area (Å²) in [5, 5.41) is 12.7. The molecule has 0 saturated carbocycles. The molecular weight excluding hydrogens is 380 g/mol. The van der Waals surface area contributed by atoms with Gasteiger partial charge in [-0.1, -0.05) is 24.3 Å². The van der Waals surface area contributed by atoms with Gasteiger partial charge in [0.2, 0.25) is 5.75 Å². The van der Waals surface area contributed by atoms with Crippen LogP contribution in [0.5, 0.6) is 5.75 Å². The summed E-state index contributed by atoms with van der Waals surface area (Å²) in [6.07, 6.45) is 0. The zero-order chi connectivity index (χ0) is 21.3. The maximum absolute atomic E-state index is 14.2. The van der Waals surface area contributed by atoms with E-state index < -0.39 is 45.9 Å². The normalized spacial score (nSPS) is 10.8. The molecule has 0 saturated heterocycles. The Bertz CT molecular complexity index is 1150. The standard InChI is InChI=1S/C21H19F2N3O3/c1-11-7-8-13(9-12(11)2)10-24-20(28)17-18(27)21(29)26(3)19(25-17)16-14(22)5-4-6-15(16)23/h4-9,27H,10H2,1-3H3,(H,24,28). The molecule has 3 aromatic rings. The van der Waals surface area contributed by atoms with E-state index in [-0.39, 0.29) is 6.54 Å². The lowest BCUT2D eigenvalue weighted by Gasteiger charge is -2.13. The number of aromatic hydroxyl groups is 1. The van der Waals surface area contributed by atoms with Crippen LogP contribution in [0.2, 0.25) is 0 Å². The Morgan fingerprint density at radius 1 is 1.14 bits per heavy atom. The Balaban J connectivity index is 1.99. The van der Waals surface area contributed by atoms with Gasteiger partial charge >= 0.3 is 0 Å². The fourth-order valence-electron chi connectivity index (χ4n) is 2.86. The second-order valence-corrected chi connectivity index (χ2v) is 6.69. The first-order chi connectivity index (χ1) is 13.7. The Morgan fingerprint density at radius 2 is 1.79 bits per heavy atom. The van der Waals surface area contributed by atoms with Crippen LogP contribution in [0.25, 0.3) is 11.4 Å². The summed E-state index contributed by atoms with van der Waals surface area (Å²) in [6.45, 7) is 4.02. The number of nitrogens with zero attached hydrogens (tertiary/aromatic N) is 2. The van der Waals surface area contributed by atoms with Gasteiger partial charge < -0.3 is 10.4 Å². The van der Waals surface area contributed by atoms with Crippen molar-refractivity contribution in [1.82, 2.24) is 14.9 Å². The molecular formula is C21H19F2N3O3. The fourth-order valence-corrected chi connectivity index (χ4v) is 2.86. The lowest BCUT2D eigenvalue weighted by atomic mass is 10.1. The number of aromatic nitrogens is 2. The van der Waals surface area contributed by atoms with E-state index in [1.54, 1.807) is 0 Å². The number of benzene rings is 2. The molecule has 2 N–H and O–H groups in total. The highest BCUT2D eigenvalue weighted by molar-refractivity contribution is 5.95. The first kappa shape index (κ1) is 20.2. The van der Waals surface area contributed by atoms with Gasteiger partial charge in [-0.15, -0.1) is 0 Å². The van der Waals surface area contributed by atoms with Gasteiger partial charge in [0, 0.05) is 13.6 Å². The van der Waals surface area contributed by atoms with E-state index in [0.717, 1.165) is 33.4 Å². The number of halogens is 2. The van der Waals surface area contributed by atoms with Crippen molar-refractivity contribution in [3.8, 4) is 17.1 Å². The third-order valence-corrected chi connectivity index (χ3v) is 4.69. The van der Waals surface area contributed by atoms with Crippen LogP contribution < -0.4 is 10.9 Å². The average molecular weight is 399 g/mol. The second-order valence-electron chi connectivity index (χ2n) is 6.69. The van der Waals surface area contributed by atoms with Crippen LogP contribution in [-0.4, -0.2) is 20.6 Å². The Kier molecular flexibility index (Phi) is 5.45. The Hall–Kier alpha value is -3.55. The van der Waals surface area contributed by atoms with Gasteiger partial charge in [0.25, 0.3) is 11.5 Å². The van der Waals surface area contributed by atoms with Crippen molar-refractivity contribution in [2.24, 2.45) is 7.05 Å². The summed E-state index contributed by atoms with van der Waals surface area (Å²) in [7, 11) is 1.20. The molecule has 8 heteroatoms. The van der Waals surface area contributed by atoms with E-state index in [4.69, 9.17) is 0 Å². The largest absolute Gasteiger partial charge is 0.501 e. The molecule has 0 atom stereocenters. The zero-order valence-corrected chi connectivity index (χ0v) is 16.1. The third kappa shape index (κ3) is 3.87.